The summed E-state index contributed by atoms with van der Waals surface area (Å²) in [6, 6.07) is 14.6. The zero-order chi connectivity index (χ0) is 17.5. The summed E-state index contributed by atoms with van der Waals surface area (Å²) in [6.07, 6.45) is -0.0393. The summed E-state index contributed by atoms with van der Waals surface area (Å²) in [5.41, 5.74) is 2.37. The van der Waals surface area contributed by atoms with Gasteiger partial charge in [-0.2, -0.15) is 0 Å². The first-order valence-corrected chi connectivity index (χ1v) is 7.89. The van der Waals surface area contributed by atoms with E-state index in [1.807, 2.05) is 38.1 Å². The summed E-state index contributed by atoms with van der Waals surface area (Å²) >= 11 is 0. The Balaban J connectivity index is 2.03. The van der Waals surface area contributed by atoms with Gasteiger partial charge in [-0.05, 0) is 43.7 Å². The first-order valence-electron chi connectivity index (χ1n) is 7.89. The molecule has 2 rings (SSSR count). The highest BCUT2D eigenvalue weighted by Gasteiger charge is 2.18. The molecule has 0 aromatic heterocycles. The monoisotopic (exact) mass is 326 g/mol. The van der Waals surface area contributed by atoms with Gasteiger partial charge in [0.2, 0.25) is 5.91 Å². The van der Waals surface area contributed by atoms with Crippen molar-refractivity contribution in [3.8, 4) is 5.75 Å². The summed E-state index contributed by atoms with van der Waals surface area (Å²) in [5.74, 6) is 0.278. The topological polar surface area (TPSA) is 67.4 Å². The van der Waals surface area contributed by atoms with Gasteiger partial charge in [-0.3, -0.25) is 9.59 Å². The van der Waals surface area contributed by atoms with Crippen LogP contribution in [-0.2, 0) is 9.59 Å². The van der Waals surface area contributed by atoms with Crippen LogP contribution in [0.1, 0.15) is 25.8 Å². The minimum absolute atomic E-state index is 0.160. The number of ether oxygens (including phenoxy) is 1. The van der Waals surface area contributed by atoms with Crippen LogP contribution < -0.4 is 15.4 Å². The molecule has 5 heteroatoms. The average Bonchev–Trinajstić information content (AvgIpc) is 2.54. The highest BCUT2D eigenvalue weighted by molar-refractivity contribution is 5.95. The standard InChI is InChI=1S/C19H22N2O3/c1-4-18(24-17-10-8-13(2)9-11-17)19(23)21-16-7-5-6-15(12-16)20-14(3)22/h5-12,18H,4H2,1-3H3,(H,20,22)(H,21,23)/t18-/m0/s1. The normalized spacial score (nSPS) is 11.5. The number of rotatable bonds is 6. The fraction of sp³-hybridized carbons (Fsp3) is 0.263. The Morgan fingerprint density at radius 2 is 1.67 bits per heavy atom. The molecule has 0 spiro atoms. The summed E-state index contributed by atoms with van der Waals surface area (Å²) < 4.78 is 5.77. The third-order valence-corrected chi connectivity index (χ3v) is 3.41. The van der Waals surface area contributed by atoms with E-state index in [1.54, 1.807) is 24.3 Å². The number of anilines is 2. The molecule has 1 atom stereocenters. The zero-order valence-corrected chi connectivity index (χ0v) is 14.1. The predicted octanol–water partition coefficient (Wildman–Crippen LogP) is 3.75. The third kappa shape index (κ3) is 5.12. The molecule has 126 valence electrons. The van der Waals surface area contributed by atoms with Gasteiger partial charge in [0.05, 0.1) is 0 Å². The van der Waals surface area contributed by atoms with Crippen molar-refractivity contribution in [1.29, 1.82) is 0 Å². The number of benzene rings is 2. The van der Waals surface area contributed by atoms with E-state index in [1.165, 1.54) is 6.92 Å². The molecular weight excluding hydrogens is 304 g/mol. The van der Waals surface area contributed by atoms with Crippen molar-refractivity contribution in [3.63, 3.8) is 0 Å². The molecule has 24 heavy (non-hydrogen) atoms. The van der Waals surface area contributed by atoms with Crippen LogP contribution in [0.15, 0.2) is 48.5 Å². The number of hydrogen-bond acceptors (Lipinski definition) is 3. The highest BCUT2D eigenvalue weighted by Crippen LogP contribution is 2.18. The Morgan fingerprint density at radius 3 is 2.25 bits per heavy atom. The van der Waals surface area contributed by atoms with E-state index in [9.17, 15) is 9.59 Å². The molecule has 0 unspecified atom stereocenters. The fourth-order valence-electron chi connectivity index (χ4n) is 2.20. The van der Waals surface area contributed by atoms with Gasteiger partial charge in [-0.1, -0.05) is 30.7 Å². The molecule has 0 radical (unpaired) electrons. The molecule has 0 aliphatic heterocycles. The lowest BCUT2D eigenvalue weighted by Gasteiger charge is -2.17. The van der Waals surface area contributed by atoms with Crippen molar-refractivity contribution in [2.75, 3.05) is 10.6 Å². The Labute approximate surface area is 142 Å². The fourth-order valence-corrected chi connectivity index (χ4v) is 2.20. The van der Waals surface area contributed by atoms with Crippen LogP contribution in [-0.4, -0.2) is 17.9 Å². The molecule has 2 amide bonds. The second kappa shape index (κ2) is 8.15. The third-order valence-electron chi connectivity index (χ3n) is 3.41. The summed E-state index contributed by atoms with van der Waals surface area (Å²) in [4.78, 5) is 23.5. The summed E-state index contributed by atoms with van der Waals surface area (Å²) in [5, 5.41) is 5.51. The van der Waals surface area contributed by atoms with Gasteiger partial charge in [0.15, 0.2) is 6.10 Å². The molecule has 5 nitrogen and oxygen atoms in total. The van der Waals surface area contributed by atoms with E-state index in [0.717, 1.165) is 5.56 Å². The number of amides is 2. The maximum atomic E-state index is 12.4. The molecule has 0 fully saturated rings. The Kier molecular flexibility index (Phi) is 5.95. The summed E-state index contributed by atoms with van der Waals surface area (Å²) in [6.45, 7) is 5.33. The van der Waals surface area contributed by atoms with E-state index < -0.39 is 6.10 Å². The minimum Gasteiger partial charge on any atom is -0.481 e. The second-order valence-corrected chi connectivity index (χ2v) is 5.58. The van der Waals surface area contributed by atoms with E-state index in [0.29, 0.717) is 23.5 Å². The van der Waals surface area contributed by atoms with Crippen molar-refractivity contribution >= 4 is 23.2 Å². The van der Waals surface area contributed by atoms with Gasteiger partial charge >= 0.3 is 0 Å². The lowest BCUT2D eigenvalue weighted by atomic mass is 10.2. The van der Waals surface area contributed by atoms with Crippen LogP contribution in [0.4, 0.5) is 11.4 Å². The second-order valence-electron chi connectivity index (χ2n) is 5.58. The molecule has 0 saturated heterocycles. The maximum absolute atomic E-state index is 12.4. The van der Waals surface area contributed by atoms with E-state index in [-0.39, 0.29) is 11.8 Å². The summed E-state index contributed by atoms with van der Waals surface area (Å²) in [7, 11) is 0. The van der Waals surface area contributed by atoms with Gasteiger partial charge in [0, 0.05) is 18.3 Å². The largest absolute Gasteiger partial charge is 0.481 e. The highest BCUT2D eigenvalue weighted by atomic mass is 16.5. The molecule has 2 N–H and O–H groups in total. The number of hydrogen-bond donors (Lipinski definition) is 2. The van der Waals surface area contributed by atoms with E-state index in [2.05, 4.69) is 10.6 Å². The first-order chi connectivity index (χ1) is 11.5. The van der Waals surface area contributed by atoms with Gasteiger partial charge in [-0.15, -0.1) is 0 Å². The molecular formula is C19H22N2O3. The van der Waals surface area contributed by atoms with Crippen molar-refractivity contribution in [2.24, 2.45) is 0 Å². The SMILES string of the molecule is CC[C@H](Oc1ccc(C)cc1)C(=O)Nc1cccc(NC(C)=O)c1. The van der Waals surface area contributed by atoms with Crippen LogP contribution in [0.3, 0.4) is 0 Å². The van der Waals surface area contributed by atoms with Gasteiger partial charge in [-0.25, -0.2) is 0 Å². The van der Waals surface area contributed by atoms with E-state index in [4.69, 9.17) is 4.74 Å². The Morgan fingerprint density at radius 1 is 1.04 bits per heavy atom. The molecule has 2 aromatic carbocycles. The molecule has 0 aliphatic rings. The Bertz CT molecular complexity index is 711. The van der Waals surface area contributed by atoms with Gasteiger partial charge in [0.25, 0.3) is 5.91 Å². The van der Waals surface area contributed by atoms with Gasteiger partial charge < -0.3 is 15.4 Å². The minimum atomic E-state index is -0.586. The van der Waals surface area contributed by atoms with Gasteiger partial charge in [0.1, 0.15) is 5.75 Å². The molecule has 0 heterocycles. The molecule has 0 aliphatic carbocycles. The predicted molar refractivity (Wildman–Crippen MR) is 95.3 cm³/mol. The van der Waals surface area contributed by atoms with Crippen molar-refractivity contribution in [3.05, 3.63) is 54.1 Å². The van der Waals surface area contributed by atoms with E-state index >= 15 is 0 Å². The number of aryl methyl sites for hydroxylation is 1. The van der Waals surface area contributed by atoms with Crippen molar-refractivity contribution in [1.82, 2.24) is 0 Å². The lowest BCUT2D eigenvalue weighted by Crippen LogP contribution is -2.32. The van der Waals surface area contributed by atoms with Crippen LogP contribution in [0, 0.1) is 6.92 Å². The average molecular weight is 326 g/mol. The Hall–Kier alpha value is -2.82. The number of carbonyl (C=O) groups is 2. The zero-order valence-electron chi connectivity index (χ0n) is 14.1. The molecule has 0 saturated carbocycles. The smallest absolute Gasteiger partial charge is 0.265 e. The lowest BCUT2D eigenvalue weighted by molar-refractivity contribution is -0.122. The number of nitrogens with one attached hydrogen (secondary N) is 2. The van der Waals surface area contributed by atoms with Crippen LogP contribution >= 0.6 is 0 Å². The van der Waals surface area contributed by atoms with Crippen molar-refractivity contribution in [2.45, 2.75) is 33.3 Å². The molecule has 0 bridgehead atoms. The van der Waals surface area contributed by atoms with Crippen LogP contribution in [0.5, 0.6) is 5.75 Å². The van der Waals surface area contributed by atoms with Crippen LogP contribution in [0.2, 0.25) is 0 Å². The maximum Gasteiger partial charge on any atom is 0.265 e. The molecule has 2 aromatic rings. The van der Waals surface area contributed by atoms with Crippen molar-refractivity contribution < 1.29 is 14.3 Å². The first kappa shape index (κ1) is 17.5. The van der Waals surface area contributed by atoms with Crippen LogP contribution in [0.25, 0.3) is 0 Å². The quantitative estimate of drug-likeness (QED) is 0.849. The number of carbonyl (C=O) groups excluding carboxylic acids is 2.